The van der Waals surface area contributed by atoms with Crippen molar-refractivity contribution in [1.29, 1.82) is 0 Å². The van der Waals surface area contributed by atoms with E-state index in [1.54, 1.807) is 0 Å². The van der Waals surface area contributed by atoms with Gasteiger partial charge in [-0.3, -0.25) is 0 Å². The lowest BCUT2D eigenvalue weighted by Gasteiger charge is -2.38. The molecule has 1 saturated heterocycles. The van der Waals surface area contributed by atoms with Crippen LogP contribution >= 0.6 is 0 Å². The zero-order chi connectivity index (χ0) is 11.6. The Bertz CT molecular complexity index is 351. The lowest BCUT2D eigenvalue weighted by atomic mass is 9.68. The van der Waals surface area contributed by atoms with Crippen molar-refractivity contribution in [1.82, 2.24) is 5.32 Å². The zero-order valence-electron chi connectivity index (χ0n) is 10.6. The summed E-state index contributed by atoms with van der Waals surface area (Å²) in [6.07, 6.45) is 9.90. The highest BCUT2D eigenvalue weighted by Gasteiger charge is 2.42. The summed E-state index contributed by atoms with van der Waals surface area (Å²) in [5.41, 5.74) is 2.13. The van der Waals surface area contributed by atoms with Gasteiger partial charge >= 0.3 is 0 Å². The smallest absolute Gasteiger partial charge is 0.0164 e. The molecule has 17 heavy (non-hydrogen) atoms. The van der Waals surface area contributed by atoms with Crippen LogP contribution in [0.1, 0.15) is 44.1 Å². The van der Waals surface area contributed by atoms with Gasteiger partial charge in [0.2, 0.25) is 0 Å². The summed E-state index contributed by atoms with van der Waals surface area (Å²) in [5.74, 6) is 0. The quantitative estimate of drug-likeness (QED) is 0.818. The third-order valence-electron chi connectivity index (χ3n) is 4.88. The van der Waals surface area contributed by atoms with Gasteiger partial charge in [-0.1, -0.05) is 49.6 Å². The zero-order valence-corrected chi connectivity index (χ0v) is 10.6. The second-order valence-electron chi connectivity index (χ2n) is 5.87. The van der Waals surface area contributed by atoms with Crippen molar-refractivity contribution < 1.29 is 0 Å². The van der Waals surface area contributed by atoms with E-state index in [4.69, 9.17) is 0 Å². The first-order valence-electron chi connectivity index (χ1n) is 7.16. The lowest BCUT2D eigenvalue weighted by Crippen LogP contribution is -2.39. The number of nitrogens with one attached hydrogen (secondary N) is 1. The largest absolute Gasteiger partial charge is 0.313 e. The second kappa shape index (κ2) is 4.81. The highest BCUT2D eigenvalue weighted by atomic mass is 15.0. The first-order valence-corrected chi connectivity index (χ1v) is 7.16. The molecule has 0 amide bonds. The van der Waals surface area contributed by atoms with Crippen LogP contribution in [0.25, 0.3) is 0 Å². The minimum absolute atomic E-state index is 0.633. The summed E-state index contributed by atoms with van der Waals surface area (Å²) in [4.78, 5) is 0. The molecule has 0 aromatic heterocycles. The molecule has 1 unspecified atom stereocenters. The number of rotatable bonds is 2. The standard InChI is InChI=1S/C16H23N/c1-3-7-14(8-4-1)13-15-16(11-12-17-15)9-5-2-6-10-16/h1,3-4,7-8,15,17H,2,5-6,9-13H2. The molecule has 1 N–H and O–H groups in total. The molecule has 1 heterocycles. The molecular weight excluding hydrogens is 206 g/mol. The van der Waals surface area contributed by atoms with Gasteiger partial charge in [-0.2, -0.15) is 0 Å². The van der Waals surface area contributed by atoms with E-state index in [1.165, 1.54) is 57.1 Å². The van der Waals surface area contributed by atoms with Gasteiger partial charge in [0.1, 0.15) is 0 Å². The first kappa shape index (κ1) is 11.3. The topological polar surface area (TPSA) is 12.0 Å². The molecule has 0 radical (unpaired) electrons. The molecule has 92 valence electrons. The Morgan fingerprint density at radius 2 is 1.76 bits per heavy atom. The molecule has 1 heteroatoms. The molecule has 1 nitrogen and oxygen atoms in total. The molecule has 0 bridgehead atoms. The van der Waals surface area contributed by atoms with Crippen molar-refractivity contribution >= 4 is 0 Å². The number of hydrogen-bond donors (Lipinski definition) is 1. The summed E-state index contributed by atoms with van der Waals surface area (Å²) < 4.78 is 0. The van der Waals surface area contributed by atoms with Crippen molar-refractivity contribution in [2.45, 2.75) is 51.0 Å². The van der Waals surface area contributed by atoms with Gasteiger partial charge in [-0.25, -0.2) is 0 Å². The first-order chi connectivity index (χ1) is 8.39. The monoisotopic (exact) mass is 229 g/mol. The van der Waals surface area contributed by atoms with Crippen molar-refractivity contribution in [3.8, 4) is 0 Å². The summed E-state index contributed by atoms with van der Waals surface area (Å²) >= 11 is 0. The normalized spacial score (nSPS) is 27.4. The summed E-state index contributed by atoms with van der Waals surface area (Å²) in [6.45, 7) is 1.23. The predicted octanol–water partition coefficient (Wildman–Crippen LogP) is 3.54. The van der Waals surface area contributed by atoms with Gasteiger partial charge in [0.15, 0.2) is 0 Å². The Morgan fingerprint density at radius 3 is 2.53 bits per heavy atom. The molecule has 1 aromatic carbocycles. The maximum Gasteiger partial charge on any atom is 0.0164 e. The maximum absolute atomic E-state index is 3.77. The average Bonchev–Trinajstić information content (AvgIpc) is 2.74. The minimum atomic E-state index is 0.633. The Hall–Kier alpha value is -0.820. The molecule has 1 saturated carbocycles. The fourth-order valence-electron chi connectivity index (χ4n) is 3.88. The highest BCUT2D eigenvalue weighted by molar-refractivity contribution is 5.18. The summed E-state index contributed by atoms with van der Waals surface area (Å²) in [7, 11) is 0. The van der Waals surface area contributed by atoms with Crippen molar-refractivity contribution in [2.75, 3.05) is 6.54 Å². The fraction of sp³-hybridized carbons (Fsp3) is 0.625. The molecule has 2 aliphatic rings. The average molecular weight is 229 g/mol. The van der Waals surface area contributed by atoms with Crippen LogP contribution in [-0.4, -0.2) is 12.6 Å². The minimum Gasteiger partial charge on any atom is -0.313 e. The Morgan fingerprint density at radius 1 is 1.00 bits per heavy atom. The molecule has 1 aliphatic carbocycles. The number of hydrogen-bond acceptors (Lipinski definition) is 1. The van der Waals surface area contributed by atoms with Crippen molar-refractivity contribution in [3.63, 3.8) is 0 Å². The molecule has 1 spiro atoms. The lowest BCUT2D eigenvalue weighted by molar-refractivity contribution is 0.163. The van der Waals surface area contributed by atoms with Gasteiger partial charge in [-0.15, -0.1) is 0 Å². The fourth-order valence-corrected chi connectivity index (χ4v) is 3.88. The van der Waals surface area contributed by atoms with E-state index < -0.39 is 0 Å². The van der Waals surface area contributed by atoms with Crippen LogP contribution in [0.4, 0.5) is 0 Å². The van der Waals surface area contributed by atoms with Crippen LogP contribution in [0.15, 0.2) is 30.3 Å². The SMILES string of the molecule is c1ccc(CC2NCCC23CCCCC3)cc1. The van der Waals surface area contributed by atoms with Crippen LogP contribution in [0.5, 0.6) is 0 Å². The highest BCUT2D eigenvalue weighted by Crippen LogP contribution is 2.45. The van der Waals surface area contributed by atoms with Crippen LogP contribution < -0.4 is 5.32 Å². The van der Waals surface area contributed by atoms with E-state index in [1.807, 2.05) is 0 Å². The third-order valence-corrected chi connectivity index (χ3v) is 4.88. The predicted molar refractivity (Wildman–Crippen MR) is 72.1 cm³/mol. The van der Waals surface area contributed by atoms with Crippen LogP contribution in [-0.2, 0) is 6.42 Å². The van der Waals surface area contributed by atoms with Gasteiger partial charge in [0, 0.05) is 6.04 Å². The van der Waals surface area contributed by atoms with E-state index in [9.17, 15) is 0 Å². The van der Waals surface area contributed by atoms with Crippen LogP contribution in [0, 0.1) is 5.41 Å². The van der Waals surface area contributed by atoms with Crippen molar-refractivity contribution in [2.24, 2.45) is 5.41 Å². The van der Waals surface area contributed by atoms with Crippen LogP contribution in [0.3, 0.4) is 0 Å². The molecule has 2 fully saturated rings. The summed E-state index contributed by atoms with van der Waals surface area (Å²) in [5, 5.41) is 3.77. The van der Waals surface area contributed by atoms with E-state index in [2.05, 4.69) is 35.6 Å². The molecule has 1 aromatic rings. The van der Waals surface area contributed by atoms with E-state index in [0.29, 0.717) is 5.41 Å². The van der Waals surface area contributed by atoms with Gasteiger partial charge in [-0.05, 0) is 43.2 Å². The van der Waals surface area contributed by atoms with Gasteiger partial charge in [0.05, 0.1) is 0 Å². The van der Waals surface area contributed by atoms with Crippen LogP contribution in [0.2, 0.25) is 0 Å². The van der Waals surface area contributed by atoms with E-state index in [-0.39, 0.29) is 0 Å². The Balaban J connectivity index is 1.73. The molecular formula is C16H23N. The Labute approximate surface area is 105 Å². The Kier molecular flexibility index (Phi) is 3.19. The van der Waals surface area contributed by atoms with Crippen molar-refractivity contribution in [3.05, 3.63) is 35.9 Å². The maximum atomic E-state index is 3.77. The van der Waals surface area contributed by atoms with E-state index >= 15 is 0 Å². The number of benzene rings is 1. The summed E-state index contributed by atoms with van der Waals surface area (Å²) in [6, 6.07) is 11.7. The van der Waals surface area contributed by atoms with Gasteiger partial charge in [0.25, 0.3) is 0 Å². The molecule has 1 aliphatic heterocycles. The van der Waals surface area contributed by atoms with E-state index in [0.717, 1.165) is 6.04 Å². The second-order valence-corrected chi connectivity index (χ2v) is 5.87. The third kappa shape index (κ3) is 2.26. The molecule has 1 atom stereocenters. The van der Waals surface area contributed by atoms with Gasteiger partial charge < -0.3 is 5.32 Å². The molecule has 3 rings (SSSR count).